The van der Waals surface area contributed by atoms with Crippen LogP contribution in [0, 0.1) is 11.2 Å². The van der Waals surface area contributed by atoms with Gasteiger partial charge in [-0.1, -0.05) is 26.0 Å². The normalized spacial score (nSPS) is 17.8. The highest BCUT2D eigenvalue weighted by Gasteiger charge is 2.40. The maximum Gasteiger partial charge on any atom is 0.405 e. The Bertz CT molecular complexity index is 863. The minimum absolute atomic E-state index is 0.0101. The molecule has 144 valence electrons. The van der Waals surface area contributed by atoms with Crippen molar-refractivity contribution in [3.63, 3.8) is 0 Å². The number of hydrogen-bond acceptors (Lipinski definition) is 4. The van der Waals surface area contributed by atoms with E-state index in [4.69, 9.17) is 19.9 Å². The molecule has 0 aromatic heterocycles. The molecule has 1 atom stereocenters. The summed E-state index contributed by atoms with van der Waals surface area (Å²) in [5.74, 6) is 0.788. The average Bonchev–Trinajstić information content (AvgIpc) is 2.58. The lowest BCUT2D eigenvalue weighted by atomic mass is 9.80. The van der Waals surface area contributed by atoms with Gasteiger partial charge in [-0.15, -0.1) is 0 Å². The molecule has 2 aromatic rings. The maximum absolute atomic E-state index is 14.4. The van der Waals surface area contributed by atoms with Gasteiger partial charge in [0.25, 0.3) is 0 Å². The number of nitrogens with two attached hydrogens (primary N) is 1. The molecule has 5 nitrogen and oxygen atoms in total. The van der Waals surface area contributed by atoms with Gasteiger partial charge in [-0.25, -0.2) is 9.18 Å². The molecular formula is C21H24FNO4. The molecule has 27 heavy (non-hydrogen) atoms. The number of fused-ring (bicyclic) bond motifs is 1. The Labute approximate surface area is 158 Å². The van der Waals surface area contributed by atoms with Gasteiger partial charge in [-0.05, 0) is 43.7 Å². The predicted molar refractivity (Wildman–Crippen MR) is 100 cm³/mol. The van der Waals surface area contributed by atoms with E-state index < -0.39 is 17.6 Å². The van der Waals surface area contributed by atoms with Gasteiger partial charge in [0.2, 0.25) is 0 Å². The highest BCUT2D eigenvalue weighted by molar-refractivity contribution is 5.69. The summed E-state index contributed by atoms with van der Waals surface area (Å²) in [6, 6.07) is 9.97. The summed E-state index contributed by atoms with van der Waals surface area (Å²) in [6.45, 7) is 8.04. The second-order valence-corrected chi connectivity index (χ2v) is 7.66. The van der Waals surface area contributed by atoms with Crippen LogP contribution in [0.4, 0.5) is 9.18 Å². The van der Waals surface area contributed by atoms with E-state index in [1.165, 1.54) is 6.07 Å². The molecule has 0 aliphatic carbocycles. The molecule has 0 spiro atoms. The highest BCUT2D eigenvalue weighted by Crippen LogP contribution is 2.46. The molecular weight excluding hydrogens is 349 g/mol. The Morgan fingerprint density at radius 2 is 2.00 bits per heavy atom. The first-order valence-electron chi connectivity index (χ1n) is 8.87. The number of rotatable bonds is 4. The van der Waals surface area contributed by atoms with Crippen molar-refractivity contribution in [2.45, 2.75) is 39.9 Å². The molecule has 0 radical (unpaired) electrons. The molecule has 1 aliphatic heterocycles. The smallest absolute Gasteiger partial charge is 0.405 e. The molecule has 6 heteroatoms. The monoisotopic (exact) mass is 373 g/mol. The molecule has 1 unspecified atom stereocenters. The number of primary amides is 1. The van der Waals surface area contributed by atoms with Crippen LogP contribution in [0.3, 0.4) is 0 Å². The number of hydrogen-bond donors (Lipinski definition) is 1. The topological polar surface area (TPSA) is 70.8 Å². The molecule has 1 amide bonds. The minimum atomic E-state index is -0.838. The van der Waals surface area contributed by atoms with Gasteiger partial charge >= 0.3 is 6.09 Å². The number of carbonyl (C=O) groups excluding carboxylic acids is 1. The standard InChI is InChI=1S/C21H24FNO4/c1-12(2)26-14-6-8-17(22)16(10-14)13-5-7-15-18(9-13)25-11-21(3,4)19(15)27-20(23)24/h5-10,12,19H,11H2,1-4H3,(H2,23,24). The van der Waals surface area contributed by atoms with Crippen LogP contribution in [0.25, 0.3) is 11.1 Å². The highest BCUT2D eigenvalue weighted by atomic mass is 19.1. The lowest BCUT2D eigenvalue weighted by molar-refractivity contribution is -0.0176. The van der Waals surface area contributed by atoms with Crippen LogP contribution in [-0.4, -0.2) is 18.8 Å². The van der Waals surface area contributed by atoms with Gasteiger partial charge in [-0.3, -0.25) is 0 Å². The molecule has 1 heterocycles. The molecule has 1 aliphatic rings. The van der Waals surface area contributed by atoms with Crippen LogP contribution in [0.2, 0.25) is 0 Å². The molecule has 2 N–H and O–H groups in total. The van der Waals surface area contributed by atoms with E-state index in [2.05, 4.69) is 0 Å². The SMILES string of the molecule is CC(C)Oc1ccc(F)c(-c2ccc3c(c2)OCC(C)(C)C3OC(N)=O)c1. The van der Waals surface area contributed by atoms with Crippen LogP contribution in [-0.2, 0) is 4.74 Å². The van der Waals surface area contributed by atoms with E-state index in [1.54, 1.807) is 30.3 Å². The summed E-state index contributed by atoms with van der Waals surface area (Å²) in [5.41, 5.74) is 6.58. The Hall–Kier alpha value is -2.76. The van der Waals surface area contributed by atoms with E-state index in [0.29, 0.717) is 34.8 Å². The molecule has 2 aromatic carbocycles. The third-order valence-corrected chi connectivity index (χ3v) is 4.46. The summed E-state index contributed by atoms with van der Waals surface area (Å²) in [4.78, 5) is 11.3. The van der Waals surface area contributed by atoms with Gasteiger partial charge in [0, 0.05) is 16.5 Å². The van der Waals surface area contributed by atoms with Crippen molar-refractivity contribution < 1.29 is 23.4 Å². The number of carbonyl (C=O) groups is 1. The zero-order valence-electron chi connectivity index (χ0n) is 15.9. The zero-order valence-corrected chi connectivity index (χ0v) is 15.9. The van der Waals surface area contributed by atoms with Gasteiger partial charge in [0.05, 0.1) is 12.7 Å². The van der Waals surface area contributed by atoms with Crippen LogP contribution in [0.5, 0.6) is 11.5 Å². The summed E-state index contributed by atoms with van der Waals surface area (Å²) in [7, 11) is 0. The fraction of sp³-hybridized carbons (Fsp3) is 0.381. The number of halogens is 1. The predicted octanol–water partition coefficient (Wildman–Crippen LogP) is 4.83. The lowest BCUT2D eigenvalue weighted by Crippen LogP contribution is -2.37. The van der Waals surface area contributed by atoms with Gasteiger partial charge in [-0.2, -0.15) is 0 Å². The van der Waals surface area contributed by atoms with Crippen molar-refractivity contribution in [3.8, 4) is 22.6 Å². The van der Waals surface area contributed by atoms with E-state index >= 15 is 0 Å². The second kappa shape index (κ2) is 7.10. The van der Waals surface area contributed by atoms with Gasteiger partial charge in [0.15, 0.2) is 0 Å². The minimum Gasteiger partial charge on any atom is -0.492 e. The maximum atomic E-state index is 14.4. The van der Waals surface area contributed by atoms with Crippen LogP contribution in [0.15, 0.2) is 36.4 Å². The fourth-order valence-electron chi connectivity index (χ4n) is 3.21. The average molecular weight is 373 g/mol. The number of amides is 1. The Morgan fingerprint density at radius 1 is 1.26 bits per heavy atom. The van der Waals surface area contributed by atoms with E-state index in [-0.39, 0.29) is 11.9 Å². The quantitative estimate of drug-likeness (QED) is 0.833. The van der Waals surface area contributed by atoms with Crippen LogP contribution in [0.1, 0.15) is 39.4 Å². The van der Waals surface area contributed by atoms with Gasteiger partial charge in [0.1, 0.15) is 23.4 Å². The van der Waals surface area contributed by atoms with Crippen LogP contribution >= 0.6 is 0 Å². The van der Waals surface area contributed by atoms with Crippen molar-refractivity contribution in [1.29, 1.82) is 0 Å². The van der Waals surface area contributed by atoms with Gasteiger partial charge < -0.3 is 19.9 Å². The Balaban J connectivity index is 2.01. The number of ether oxygens (including phenoxy) is 3. The van der Waals surface area contributed by atoms with Crippen molar-refractivity contribution >= 4 is 6.09 Å². The number of benzene rings is 2. The lowest BCUT2D eigenvalue weighted by Gasteiger charge is -2.38. The molecule has 3 rings (SSSR count). The molecule has 0 bridgehead atoms. The third-order valence-electron chi connectivity index (χ3n) is 4.46. The van der Waals surface area contributed by atoms with E-state index in [9.17, 15) is 9.18 Å². The van der Waals surface area contributed by atoms with Crippen molar-refractivity contribution in [3.05, 3.63) is 47.8 Å². The first kappa shape index (κ1) is 19.0. The first-order chi connectivity index (χ1) is 12.7. The second-order valence-electron chi connectivity index (χ2n) is 7.66. The zero-order chi connectivity index (χ0) is 19.8. The first-order valence-corrected chi connectivity index (χ1v) is 8.87. The summed E-state index contributed by atoms with van der Waals surface area (Å²) in [6.07, 6.45) is -1.38. The van der Waals surface area contributed by atoms with Crippen LogP contribution < -0.4 is 15.2 Å². The van der Waals surface area contributed by atoms with E-state index in [1.807, 2.05) is 27.7 Å². The molecule has 0 saturated heterocycles. The largest absolute Gasteiger partial charge is 0.492 e. The van der Waals surface area contributed by atoms with Crippen molar-refractivity contribution in [1.82, 2.24) is 0 Å². The Kier molecular flexibility index (Phi) is 5.00. The van der Waals surface area contributed by atoms with Crippen molar-refractivity contribution in [2.24, 2.45) is 11.1 Å². The fourth-order valence-corrected chi connectivity index (χ4v) is 3.21. The summed E-state index contributed by atoms with van der Waals surface area (Å²) in [5, 5.41) is 0. The van der Waals surface area contributed by atoms with Crippen molar-refractivity contribution in [2.75, 3.05) is 6.61 Å². The third kappa shape index (κ3) is 3.99. The Morgan fingerprint density at radius 3 is 2.67 bits per heavy atom. The van der Waals surface area contributed by atoms with E-state index in [0.717, 1.165) is 0 Å². The summed E-state index contributed by atoms with van der Waals surface area (Å²) >= 11 is 0. The molecule has 0 fully saturated rings. The molecule has 0 saturated carbocycles. The summed E-state index contributed by atoms with van der Waals surface area (Å²) < 4.78 is 31.3.